The van der Waals surface area contributed by atoms with E-state index < -0.39 is 11.2 Å². The van der Waals surface area contributed by atoms with Gasteiger partial charge in [0.05, 0.1) is 5.70 Å². The summed E-state index contributed by atoms with van der Waals surface area (Å²) in [5.41, 5.74) is -0.00745. The molecule has 0 saturated carbocycles. The first kappa shape index (κ1) is 12.4. The molecular formula is C14H15NO3. The largest absolute Gasteiger partial charge is 0.503 e. The third-order valence-corrected chi connectivity index (χ3v) is 3.12. The van der Waals surface area contributed by atoms with Gasteiger partial charge in [0.1, 0.15) is 5.41 Å². The summed E-state index contributed by atoms with van der Waals surface area (Å²) < 4.78 is 0. The lowest BCUT2D eigenvalue weighted by Gasteiger charge is -2.28. The number of aliphatic hydroxyl groups is 1. The molecule has 4 nitrogen and oxygen atoms in total. The molecule has 1 aliphatic rings. The van der Waals surface area contributed by atoms with E-state index in [1.807, 2.05) is 30.3 Å². The maximum Gasteiger partial charge on any atom is 0.237 e. The number of benzene rings is 1. The smallest absolute Gasteiger partial charge is 0.237 e. The molecular weight excluding hydrogens is 230 g/mol. The highest BCUT2D eigenvalue weighted by Gasteiger charge is 2.43. The third-order valence-electron chi connectivity index (χ3n) is 3.12. The molecule has 1 aromatic rings. The van der Waals surface area contributed by atoms with Gasteiger partial charge in [0.25, 0.3) is 0 Å². The van der Waals surface area contributed by atoms with Crippen molar-refractivity contribution in [2.45, 2.75) is 20.3 Å². The summed E-state index contributed by atoms with van der Waals surface area (Å²) in [7, 11) is 0. The minimum atomic E-state index is -1.20. The Morgan fingerprint density at radius 1 is 1.17 bits per heavy atom. The van der Waals surface area contributed by atoms with E-state index in [4.69, 9.17) is 0 Å². The molecule has 0 bridgehead atoms. The summed E-state index contributed by atoms with van der Waals surface area (Å²) >= 11 is 0. The molecule has 2 rings (SSSR count). The zero-order chi connectivity index (χ0) is 13.3. The number of amides is 1. The van der Waals surface area contributed by atoms with Crippen LogP contribution in [0.15, 0.2) is 41.8 Å². The Balaban J connectivity index is 2.32. The van der Waals surface area contributed by atoms with E-state index in [9.17, 15) is 14.7 Å². The van der Waals surface area contributed by atoms with Crippen LogP contribution in [0.2, 0.25) is 0 Å². The fourth-order valence-electron chi connectivity index (χ4n) is 1.82. The average molecular weight is 245 g/mol. The quantitative estimate of drug-likeness (QED) is 0.780. The van der Waals surface area contributed by atoms with Crippen LogP contribution in [0.25, 0.3) is 0 Å². The molecule has 1 heterocycles. The van der Waals surface area contributed by atoms with Crippen molar-refractivity contribution in [1.29, 1.82) is 0 Å². The van der Waals surface area contributed by atoms with Crippen LogP contribution >= 0.6 is 0 Å². The predicted octanol–water partition coefficient (Wildman–Crippen LogP) is 1.72. The first-order chi connectivity index (χ1) is 8.43. The van der Waals surface area contributed by atoms with Gasteiger partial charge in [-0.25, -0.2) is 0 Å². The maximum absolute atomic E-state index is 11.9. The average Bonchev–Trinajstić information content (AvgIpc) is 2.35. The fraction of sp³-hybridized carbons (Fsp3) is 0.286. The Bertz CT molecular complexity index is 529. The summed E-state index contributed by atoms with van der Waals surface area (Å²) in [4.78, 5) is 23.7. The van der Waals surface area contributed by atoms with Crippen LogP contribution < -0.4 is 5.32 Å². The van der Waals surface area contributed by atoms with Gasteiger partial charge in [-0.2, -0.15) is 0 Å². The number of Topliss-reactive ketones (excluding diaryl/α,β-unsaturated/α-hetero) is 1. The van der Waals surface area contributed by atoms with Crippen molar-refractivity contribution in [3.05, 3.63) is 47.4 Å². The van der Waals surface area contributed by atoms with Crippen molar-refractivity contribution in [1.82, 2.24) is 5.32 Å². The Morgan fingerprint density at radius 3 is 2.39 bits per heavy atom. The first-order valence-electron chi connectivity index (χ1n) is 5.75. The summed E-state index contributed by atoms with van der Waals surface area (Å²) in [5.74, 6) is -1.25. The minimum Gasteiger partial charge on any atom is -0.503 e. The molecule has 0 radical (unpaired) electrons. The van der Waals surface area contributed by atoms with Crippen LogP contribution in [-0.4, -0.2) is 16.8 Å². The lowest BCUT2D eigenvalue weighted by Crippen LogP contribution is -2.48. The van der Waals surface area contributed by atoms with Crippen molar-refractivity contribution < 1.29 is 14.7 Å². The van der Waals surface area contributed by atoms with E-state index in [1.54, 1.807) is 0 Å². The standard InChI is InChI=1S/C14H15NO3/c1-14(2)12(17)11(16)10(15-13(14)18)8-9-6-4-3-5-7-9/h3-7,16H,8H2,1-2H3,(H,15,18). The van der Waals surface area contributed by atoms with Crippen molar-refractivity contribution in [3.63, 3.8) is 0 Å². The van der Waals surface area contributed by atoms with Crippen molar-refractivity contribution in [2.24, 2.45) is 5.41 Å². The monoisotopic (exact) mass is 245 g/mol. The van der Waals surface area contributed by atoms with E-state index in [1.165, 1.54) is 13.8 Å². The highest BCUT2D eigenvalue weighted by Crippen LogP contribution is 2.27. The minimum absolute atomic E-state index is 0.274. The highest BCUT2D eigenvalue weighted by molar-refractivity contribution is 6.15. The predicted molar refractivity (Wildman–Crippen MR) is 66.7 cm³/mol. The van der Waals surface area contributed by atoms with E-state index in [2.05, 4.69) is 5.32 Å². The molecule has 1 aliphatic heterocycles. The molecule has 0 unspecified atom stereocenters. The Hall–Kier alpha value is -2.10. The number of carbonyl (C=O) groups excluding carboxylic acids is 2. The summed E-state index contributed by atoms with van der Waals surface area (Å²) in [6.45, 7) is 3.00. The number of nitrogens with one attached hydrogen (secondary N) is 1. The van der Waals surface area contributed by atoms with Crippen molar-refractivity contribution in [2.75, 3.05) is 0 Å². The van der Waals surface area contributed by atoms with Crippen LogP contribution in [0.1, 0.15) is 19.4 Å². The highest BCUT2D eigenvalue weighted by atomic mass is 16.3. The molecule has 2 N–H and O–H groups in total. The number of hydrogen-bond donors (Lipinski definition) is 2. The van der Waals surface area contributed by atoms with Crippen LogP contribution in [0.3, 0.4) is 0 Å². The number of carbonyl (C=O) groups is 2. The van der Waals surface area contributed by atoms with E-state index >= 15 is 0 Å². The lowest BCUT2D eigenvalue weighted by atomic mass is 9.82. The van der Waals surface area contributed by atoms with Gasteiger partial charge in [0.2, 0.25) is 11.7 Å². The van der Waals surface area contributed by atoms with Crippen molar-refractivity contribution >= 4 is 11.7 Å². The lowest BCUT2D eigenvalue weighted by molar-refractivity contribution is -0.140. The summed E-state index contributed by atoms with van der Waals surface area (Å²) in [5, 5.41) is 12.5. The molecule has 0 aromatic heterocycles. The second-order valence-electron chi connectivity index (χ2n) is 4.90. The van der Waals surface area contributed by atoms with Crippen molar-refractivity contribution in [3.8, 4) is 0 Å². The SMILES string of the molecule is CC1(C)C(=O)NC(Cc2ccccc2)=C(O)C1=O. The van der Waals surface area contributed by atoms with Gasteiger partial charge in [-0.05, 0) is 19.4 Å². The van der Waals surface area contributed by atoms with Gasteiger partial charge < -0.3 is 10.4 Å². The number of allylic oxidation sites excluding steroid dienone is 2. The van der Waals surface area contributed by atoms with Crippen LogP contribution in [0, 0.1) is 5.41 Å². The maximum atomic E-state index is 11.9. The molecule has 0 fully saturated rings. The molecule has 94 valence electrons. The number of aliphatic hydroxyl groups excluding tert-OH is 1. The van der Waals surface area contributed by atoms with E-state index in [0.717, 1.165) is 5.56 Å². The Labute approximate surface area is 105 Å². The second kappa shape index (κ2) is 4.29. The van der Waals surface area contributed by atoms with Gasteiger partial charge in [-0.15, -0.1) is 0 Å². The fourth-order valence-corrected chi connectivity index (χ4v) is 1.82. The number of hydrogen-bond acceptors (Lipinski definition) is 3. The molecule has 0 saturated heterocycles. The molecule has 1 amide bonds. The molecule has 0 atom stereocenters. The first-order valence-corrected chi connectivity index (χ1v) is 5.75. The summed E-state index contributed by atoms with van der Waals surface area (Å²) in [6.07, 6.45) is 0.334. The topological polar surface area (TPSA) is 66.4 Å². The third kappa shape index (κ3) is 2.01. The normalized spacial score (nSPS) is 18.8. The number of rotatable bonds is 2. The van der Waals surface area contributed by atoms with Crippen LogP contribution in [-0.2, 0) is 16.0 Å². The molecule has 0 aliphatic carbocycles. The van der Waals surface area contributed by atoms with Crippen LogP contribution in [0.5, 0.6) is 0 Å². The van der Waals surface area contributed by atoms with Gasteiger partial charge in [0, 0.05) is 6.42 Å². The molecule has 0 spiro atoms. The summed E-state index contributed by atoms with van der Waals surface area (Å²) in [6, 6.07) is 9.35. The van der Waals surface area contributed by atoms with Crippen LogP contribution in [0.4, 0.5) is 0 Å². The van der Waals surface area contributed by atoms with Gasteiger partial charge in [-0.1, -0.05) is 30.3 Å². The number of ketones is 1. The molecule has 4 heteroatoms. The molecule has 1 aromatic carbocycles. The zero-order valence-electron chi connectivity index (χ0n) is 10.4. The molecule has 18 heavy (non-hydrogen) atoms. The second-order valence-corrected chi connectivity index (χ2v) is 4.90. The van der Waals surface area contributed by atoms with Gasteiger partial charge in [0.15, 0.2) is 5.76 Å². The van der Waals surface area contributed by atoms with Gasteiger partial charge >= 0.3 is 0 Å². The van der Waals surface area contributed by atoms with Gasteiger partial charge in [-0.3, -0.25) is 9.59 Å². The Morgan fingerprint density at radius 2 is 1.78 bits per heavy atom. The zero-order valence-corrected chi connectivity index (χ0v) is 10.4. The van der Waals surface area contributed by atoms with E-state index in [0.29, 0.717) is 6.42 Å². The van der Waals surface area contributed by atoms with E-state index in [-0.39, 0.29) is 17.4 Å². The Kier molecular flexibility index (Phi) is 2.95.